The molecule has 3 saturated carbocycles. The zero-order chi connectivity index (χ0) is 27.5. The van der Waals surface area contributed by atoms with E-state index >= 15 is 4.39 Å². The maximum Gasteiger partial charge on any atom is 0.522 e. The van der Waals surface area contributed by atoms with Crippen LogP contribution in [0.1, 0.15) is 48.9 Å². The number of H-pyrrole nitrogens is 1. The van der Waals surface area contributed by atoms with Crippen LogP contribution in [0, 0.1) is 5.92 Å². The lowest BCUT2D eigenvalue weighted by Crippen LogP contribution is -2.68. The number of nitrogens with one attached hydrogen (secondary N) is 3. The number of aromatic nitrogens is 5. The van der Waals surface area contributed by atoms with Gasteiger partial charge in [0, 0.05) is 23.9 Å². The van der Waals surface area contributed by atoms with Crippen LogP contribution in [0.4, 0.5) is 42.9 Å². The van der Waals surface area contributed by atoms with E-state index in [0.717, 1.165) is 35.9 Å². The van der Waals surface area contributed by atoms with Crippen LogP contribution in [0.5, 0.6) is 0 Å². The van der Waals surface area contributed by atoms with Gasteiger partial charge in [-0.3, -0.25) is 14.2 Å². The van der Waals surface area contributed by atoms with Gasteiger partial charge >= 0.3 is 12.5 Å². The standard InChI is InChI=1S/C22H21F6N7O4/c23-16-13(39-20(36)32-21-3-9(4-21)5-21)8-37-17(16)11-1-14(34-33-11)31-19-30-12(18(24)25)2-15-29-10(6-35(15)19)7-38-22(26,27)28/h1-2,6,9,13,16-18H,3-5,7-8H2,(H,32,36)(H2,30,31,33,34). The summed E-state index contributed by atoms with van der Waals surface area (Å²) in [7, 11) is 0. The molecule has 39 heavy (non-hydrogen) atoms. The molecular formula is C22H21F6N7O4. The van der Waals surface area contributed by atoms with E-state index in [9.17, 15) is 26.7 Å². The Morgan fingerprint density at radius 2 is 2.03 bits per heavy atom. The predicted molar refractivity (Wildman–Crippen MR) is 118 cm³/mol. The van der Waals surface area contributed by atoms with Gasteiger partial charge in [0.15, 0.2) is 18.1 Å². The second kappa shape index (κ2) is 9.25. The first-order valence-corrected chi connectivity index (χ1v) is 11.9. The molecule has 3 aliphatic carbocycles. The molecule has 0 spiro atoms. The van der Waals surface area contributed by atoms with Crippen LogP contribution in [0.15, 0.2) is 18.3 Å². The van der Waals surface area contributed by atoms with E-state index < -0.39 is 49.6 Å². The summed E-state index contributed by atoms with van der Waals surface area (Å²) in [5, 5.41) is 12.0. The third-order valence-electron chi connectivity index (χ3n) is 7.02. The zero-order valence-corrected chi connectivity index (χ0v) is 19.8. The van der Waals surface area contributed by atoms with E-state index in [1.807, 2.05) is 0 Å². The largest absolute Gasteiger partial charge is 0.522 e. The second-order valence-corrected chi connectivity index (χ2v) is 9.86. The van der Waals surface area contributed by atoms with E-state index in [2.05, 4.69) is 35.5 Å². The number of rotatable bonds is 8. The summed E-state index contributed by atoms with van der Waals surface area (Å²) < 4.78 is 94.7. The van der Waals surface area contributed by atoms with Crippen molar-refractivity contribution in [1.82, 2.24) is 29.9 Å². The molecule has 4 aliphatic rings. The molecule has 3 aromatic heterocycles. The quantitative estimate of drug-likeness (QED) is 0.349. The minimum absolute atomic E-state index is 0.0218. The molecular weight excluding hydrogens is 540 g/mol. The van der Waals surface area contributed by atoms with Crippen molar-refractivity contribution in [3.05, 3.63) is 35.4 Å². The summed E-state index contributed by atoms with van der Waals surface area (Å²) >= 11 is 0. The maximum absolute atomic E-state index is 15.1. The van der Waals surface area contributed by atoms with Crippen LogP contribution in [-0.2, 0) is 20.8 Å². The first-order valence-electron chi connectivity index (χ1n) is 11.9. The third-order valence-corrected chi connectivity index (χ3v) is 7.02. The molecule has 1 saturated heterocycles. The van der Waals surface area contributed by atoms with Crippen molar-refractivity contribution in [1.29, 1.82) is 0 Å². The molecule has 3 aromatic rings. The number of alkyl halides is 6. The van der Waals surface area contributed by atoms with Gasteiger partial charge in [-0.05, 0) is 25.2 Å². The summed E-state index contributed by atoms with van der Waals surface area (Å²) in [4.78, 5) is 19.9. The monoisotopic (exact) mass is 561 g/mol. The van der Waals surface area contributed by atoms with Crippen LogP contribution >= 0.6 is 0 Å². The lowest BCUT2D eigenvalue weighted by molar-refractivity contribution is -0.330. The van der Waals surface area contributed by atoms with Crippen molar-refractivity contribution < 1.29 is 45.3 Å². The lowest BCUT2D eigenvalue weighted by atomic mass is 9.50. The van der Waals surface area contributed by atoms with Gasteiger partial charge in [0.2, 0.25) is 5.95 Å². The third kappa shape index (κ3) is 5.07. The number of halogens is 6. The molecule has 7 rings (SSSR count). The minimum Gasteiger partial charge on any atom is -0.441 e. The summed E-state index contributed by atoms with van der Waals surface area (Å²) in [5.41, 5.74) is -1.04. The number of carbonyl (C=O) groups excluding carboxylic acids is 1. The highest BCUT2D eigenvalue weighted by Gasteiger charge is 2.58. The number of ether oxygens (including phenoxy) is 3. The van der Waals surface area contributed by atoms with Gasteiger partial charge in [0.1, 0.15) is 17.4 Å². The fourth-order valence-corrected chi connectivity index (χ4v) is 5.10. The number of carbonyl (C=O) groups is 1. The molecule has 1 amide bonds. The van der Waals surface area contributed by atoms with Gasteiger partial charge in [-0.2, -0.15) is 5.10 Å². The number of alkyl carbamates (subject to hydrolysis) is 1. The van der Waals surface area contributed by atoms with E-state index in [-0.39, 0.29) is 40.9 Å². The molecule has 0 aromatic carbocycles. The van der Waals surface area contributed by atoms with Crippen molar-refractivity contribution in [3.63, 3.8) is 0 Å². The molecule has 3 atom stereocenters. The van der Waals surface area contributed by atoms with Crippen LogP contribution in [0.2, 0.25) is 0 Å². The number of fused-ring (bicyclic) bond motifs is 1. The fourth-order valence-electron chi connectivity index (χ4n) is 5.10. The van der Waals surface area contributed by atoms with Gasteiger partial charge in [-0.1, -0.05) is 0 Å². The molecule has 210 valence electrons. The fraction of sp³-hybridized carbons (Fsp3) is 0.545. The zero-order valence-electron chi connectivity index (χ0n) is 19.8. The smallest absolute Gasteiger partial charge is 0.441 e. The number of hydrogen-bond donors (Lipinski definition) is 3. The Morgan fingerprint density at radius 1 is 1.26 bits per heavy atom. The van der Waals surface area contributed by atoms with Crippen molar-refractivity contribution in [3.8, 4) is 0 Å². The molecule has 3 unspecified atom stereocenters. The Labute approximate surface area is 215 Å². The Balaban J connectivity index is 1.15. The number of hydrogen-bond acceptors (Lipinski definition) is 8. The highest BCUT2D eigenvalue weighted by Crippen LogP contribution is 2.57. The predicted octanol–water partition coefficient (Wildman–Crippen LogP) is 4.23. The average molecular weight is 561 g/mol. The summed E-state index contributed by atoms with van der Waals surface area (Å²) in [6.45, 7) is -1.13. The summed E-state index contributed by atoms with van der Waals surface area (Å²) in [6.07, 6.45) is -8.78. The Bertz CT molecular complexity index is 1380. The first kappa shape index (κ1) is 25.7. The van der Waals surface area contributed by atoms with Gasteiger partial charge in [0.05, 0.1) is 24.6 Å². The summed E-state index contributed by atoms with van der Waals surface area (Å²) in [5.74, 6) is 0.431. The number of amides is 1. The van der Waals surface area contributed by atoms with E-state index in [1.54, 1.807) is 0 Å². The molecule has 1 aliphatic heterocycles. The molecule has 11 nitrogen and oxygen atoms in total. The normalized spacial score (nSPS) is 27.9. The SMILES string of the molecule is O=C(NC12CC(C1)C2)OC1COC(c2cc(Nc3nc(C(F)F)cc4nc(COC(F)(F)F)cn34)n[nH]2)C1F. The van der Waals surface area contributed by atoms with E-state index in [0.29, 0.717) is 5.92 Å². The van der Waals surface area contributed by atoms with Crippen molar-refractivity contribution in [2.24, 2.45) is 5.92 Å². The Kier molecular flexibility index (Phi) is 6.09. The van der Waals surface area contributed by atoms with Gasteiger partial charge in [0.25, 0.3) is 6.43 Å². The van der Waals surface area contributed by atoms with Crippen molar-refractivity contribution in [2.45, 2.75) is 62.6 Å². The Morgan fingerprint density at radius 3 is 2.69 bits per heavy atom. The molecule has 0 radical (unpaired) electrons. The van der Waals surface area contributed by atoms with Crippen molar-refractivity contribution >= 4 is 23.5 Å². The average Bonchev–Trinajstić information content (AvgIpc) is 3.53. The van der Waals surface area contributed by atoms with Crippen LogP contribution in [0.25, 0.3) is 5.65 Å². The first-order chi connectivity index (χ1) is 18.5. The van der Waals surface area contributed by atoms with Crippen molar-refractivity contribution in [2.75, 3.05) is 11.9 Å². The number of imidazole rings is 1. The molecule has 4 fully saturated rings. The van der Waals surface area contributed by atoms with Gasteiger partial charge in [-0.15, -0.1) is 13.2 Å². The van der Waals surface area contributed by atoms with Gasteiger partial charge in [-0.25, -0.2) is 27.9 Å². The highest BCUT2D eigenvalue weighted by molar-refractivity contribution is 5.69. The summed E-state index contributed by atoms with van der Waals surface area (Å²) in [6, 6.07) is 2.27. The number of anilines is 2. The second-order valence-electron chi connectivity index (χ2n) is 9.86. The number of aromatic amines is 1. The van der Waals surface area contributed by atoms with Crippen LogP contribution < -0.4 is 10.6 Å². The maximum atomic E-state index is 15.1. The number of nitrogens with zero attached hydrogens (tertiary/aromatic N) is 4. The minimum atomic E-state index is -4.91. The highest BCUT2D eigenvalue weighted by atomic mass is 19.4. The molecule has 4 heterocycles. The van der Waals surface area contributed by atoms with Crippen LogP contribution in [0.3, 0.4) is 0 Å². The topological polar surface area (TPSA) is 128 Å². The Hall–Kier alpha value is -3.60. The van der Waals surface area contributed by atoms with Gasteiger partial charge < -0.3 is 20.1 Å². The molecule has 3 N–H and O–H groups in total. The molecule has 2 bridgehead atoms. The lowest BCUT2D eigenvalue weighted by Gasteiger charge is -2.61. The van der Waals surface area contributed by atoms with E-state index in [1.165, 1.54) is 6.07 Å². The van der Waals surface area contributed by atoms with E-state index in [4.69, 9.17) is 9.47 Å². The molecule has 17 heteroatoms. The van der Waals surface area contributed by atoms with Crippen LogP contribution in [-0.4, -0.2) is 61.4 Å².